The third kappa shape index (κ3) is 6.48. The summed E-state index contributed by atoms with van der Waals surface area (Å²) in [6.07, 6.45) is 0.275. The van der Waals surface area contributed by atoms with Crippen LogP contribution in [0, 0.1) is 5.92 Å². The van der Waals surface area contributed by atoms with Crippen molar-refractivity contribution in [3.8, 4) is 0 Å². The Hall–Kier alpha value is -1.55. The normalized spacial score (nSPS) is 12.3. The zero-order valence-corrected chi connectivity index (χ0v) is 14.3. The zero-order valence-electron chi connectivity index (χ0n) is 13.6. The molecule has 1 amide bonds. The molecule has 1 rings (SSSR count). The summed E-state index contributed by atoms with van der Waals surface area (Å²) in [4.78, 5) is 24.0. The molecule has 22 heavy (non-hydrogen) atoms. The molecule has 0 aromatic heterocycles. The molecular formula is C17H24ClNO3. The van der Waals surface area contributed by atoms with Gasteiger partial charge in [-0.2, -0.15) is 0 Å². The molecule has 0 radical (unpaired) electrons. The number of esters is 1. The summed E-state index contributed by atoms with van der Waals surface area (Å²) in [5.74, 6) is -0.212. The van der Waals surface area contributed by atoms with E-state index in [1.165, 1.54) is 0 Å². The standard InChI is InChI=1S/C17H24ClNO3/c1-11(2)9-16(20)19-15(10-17(21)22-12(3)4)13-7-5-6-8-14(13)18/h5-8,11-12,15H,9-10H2,1-4H3,(H,19,20)/t15-/m1/s1. The van der Waals surface area contributed by atoms with E-state index < -0.39 is 6.04 Å². The van der Waals surface area contributed by atoms with E-state index in [2.05, 4.69) is 5.32 Å². The maximum atomic E-state index is 12.0. The first-order valence-corrected chi connectivity index (χ1v) is 7.90. The highest BCUT2D eigenvalue weighted by molar-refractivity contribution is 6.31. The van der Waals surface area contributed by atoms with E-state index in [1.54, 1.807) is 19.9 Å². The lowest BCUT2D eigenvalue weighted by atomic mass is 10.0. The van der Waals surface area contributed by atoms with Crippen molar-refractivity contribution >= 4 is 23.5 Å². The number of carbonyl (C=O) groups excluding carboxylic acids is 2. The van der Waals surface area contributed by atoms with Gasteiger partial charge >= 0.3 is 5.97 Å². The van der Waals surface area contributed by atoms with Gasteiger partial charge < -0.3 is 10.1 Å². The van der Waals surface area contributed by atoms with Crippen LogP contribution in [0.25, 0.3) is 0 Å². The Kier molecular flexibility index (Phi) is 7.39. The molecule has 0 fully saturated rings. The van der Waals surface area contributed by atoms with Crippen molar-refractivity contribution in [1.29, 1.82) is 0 Å². The maximum Gasteiger partial charge on any atom is 0.308 e. The maximum absolute atomic E-state index is 12.0. The zero-order chi connectivity index (χ0) is 16.7. The molecule has 0 saturated heterocycles. The van der Waals surface area contributed by atoms with Gasteiger partial charge in [0, 0.05) is 11.4 Å². The molecule has 0 spiro atoms. The first kappa shape index (κ1) is 18.5. The van der Waals surface area contributed by atoms with Gasteiger partial charge in [0.2, 0.25) is 5.91 Å². The molecule has 0 aliphatic heterocycles. The number of amides is 1. The average molecular weight is 326 g/mol. The Balaban J connectivity index is 2.88. The monoisotopic (exact) mass is 325 g/mol. The van der Waals surface area contributed by atoms with Crippen LogP contribution in [0.15, 0.2) is 24.3 Å². The fourth-order valence-electron chi connectivity index (χ4n) is 2.10. The van der Waals surface area contributed by atoms with Gasteiger partial charge in [-0.25, -0.2) is 0 Å². The van der Waals surface area contributed by atoms with Gasteiger partial charge in [0.15, 0.2) is 0 Å². The molecule has 1 aromatic carbocycles. The van der Waals surface area contributed by atoms with Crippen LogP contribution in [-0.4, -0.2) is 18.0 Å². The topological polar surface area (TPSA) is 55.4 Å². The van der Waals surface area contributed by atoms with E-state index in [-0.39, 0.29) is 30.3 Å². The van der Waals surface area contributed by atoms with Gasteiger partial charge in [-0.15, -0.1) is 0 Å². The van der Waals surface area contributed by atoms with Crippen molar-refractivity contribution in [3.63, 3.8) is 0 Å². The Bertz CT molecular complexity index is 490. The van der Waals surface area contributed by atoms with Gasteiger partial charge in [-0.1, -0.05) is 43.6 Å². The van der Waals surface area contributed by atoms with Crippen LogP contribution in [0.4, 0.5) is 0 Å². The van der Waals surface area contributed by atoms with Crippen LogP contribution in [0.3, 0.4) is 0 Å². The third-order valence-corrected chi connectivity index (χ3v) is 3.29. The van der Waals surface area contributed by atoms with Gasteiger partial charge in [0.25, 0.3) is 0 Å². The number of carbonyl (C=O) groups is 2. The summed E-state index contributed by atoms with van der Waals surface area (Å²) in [5.41, 5.74) is 0.724. The lowest BCUT2D eigenvalue weighted by molar-refractivity contribution is -0.148. The van der Waals surface area contributed by atoms with Crippen LogP contribution >= 0.6 is 11.6 Å². The minimum Gasteiger partial charge on any atom is -0.463 e. The lowest BCUT2D eigenvalue weighted by Gasteiger charge is -2.21. The first-order valence-electron chi connectivity index (χ1n) is 7.52. The second kappa shape index (κ2) is 8.79. The van der Waals surface area contributed by atoms with Crippen molar-refractivity contribution in [2.75, 3.05) is 0 Å². The minimum absolute atomic E-state index is 0.0613. The highest BCUT2D eigenvalue weighted by Gasteiger charge is 2.22. The average Bonchev–Trinajstić information content (AvgIpc) is 2.36. The van der Waals surface area contributed by atoms with E-state index in [0.717, 1.165) is 5.56 Å². The Morgan fingerprint density at radius 1 is 1.14 bits per heavy atom. The summed E-state index contributed by atoms with van der Waals surface area (Å²) in [6, 6.07) is 6.71. The quantitative estimate of drug-likeness (QED) is 0.774. The number of hydrogen-bond acceptors (Lipinski definition) is 3. The summed E-state index contributed by atoms with van der Waals surface area (Å²) < 4.78 is 5.17. The number of nitrogens with one attached hydrogen (secondary N) is 1. The van der Waals surface area contributed by atoms with Gasteiger partial charge in [0.1, 0.15) is 0 Å². The van der Waals surface area contributed by atoms with E-state index in [0.29, 0.717) is 11.4 Å². The third-order valence-electron chi connectivity index (χ3n) is 2.95. The molecule has 1 atom stereocenters. The molecule has 0 heterocycles. The van der Waals surface area contributed by atoms with E-state index >= 15 is 0 Å². The number of benzene rings is 1. The molecule has 122 valence electrons. The van der Waals surface area contributed by atoms with Gasteiger partial charge in [-0.3, -0.25) is 9.59 Å². The number of ether oxygens (including phenoxy) is 1. The second-order valence-corrected chi connectivity index (χ2v) is 6.39. The van der Waals surface area contributed by atoms with Crippen LogP contribution in [-0.2, 0) is 14.3 Å². The number of hydrogen-bond donors (Lipinski definition) is 1. The molecule has 0 aliphatic carbocycles. The first-order chi connectivity index (χ1) is 10.3. The molecule has 1 N–H and O–H groups in total. The summed E-state index contributed by atoms with van der Waals surface area (Å²) in [6.45, 7) is 7.52. The predicted octanol–water partition coefficient (Wildman–Crippen LogP) is 3.89. The number of rotatable bonds is 7. The summed E-state index contributed by atoms with van der Waals surface area (Å²) in [7, 11) is 0. The fourth-order valence-corrected chi connectivity index (χ4v) is 2.37. The molecule has 1 aromatic rings. The molecule has 4 nitrogen and oxygen atoms in total. The number of halogens is 1. The van der Waals surface area contributed by atoms with Crippen molar-refractivity contribution < 1.29 is 14.3 Å². The van der Waals surface area contributed by atoms with Gasteiger partial charge in [0.05, 0.1) is 18.6 Å². The van der Waals surface area contributed by atoms with Crippen molar-refractivity contribution in [2.24, 2.45) is 5.92 Å². The Labute approximate surface area is 137 Å². The minimum atomic E-state index is -0.480. The lowest BCUT2D eigenvalue weighted by Crippen LogP contribution is -2.31. The van der Waals surface area contributed by atoms with Crippen LogP contribution in [0.1, 0.15) is 52.1 Å². The highest BCUT2D eigenvalue weighted by Crippen LogP contribution is 2.26. The summed E-state index contributed by atoms with van der Waals surface area (Å²) >= 11 is 6.19. The highest BCUT2D eigenvalue weighted by atomic mass is 35.5. The smallest absolute Gasteiger partial charge is 0.308 e. The predicted molar refractivity (Wildman–Crippen MR) is 87.6 cm³/mol. The largest absolute Gasteiger partial charge is 0.463 e. The molecule has 5 heteroatoms. The van der Waals surface area contributed by atoms with Crippen LogP contribution < -0.4 is 5.32 Å². The Morgan fingerprint density at radius 2 is 1.77 bits per heavy atom. The molecule has 0 bridgehead atoms. The molecular weight excluding hydrogens is 302 g/mol. The van der Waals surface area contributed by atoms with E-state index in [1.807, 2.05) is 32.0 Å². The summed E-state index contributed by atoms with van der Waals surface area (Å²) in [5, 5.41) is 3.41. The van der Waals surface area contributed by atoms with Gasteiger partial charge in [-0.05, 0) is 31.4 Å². The second-order valence-electron chi connectivity index (χ2n) is 5.98. The fraction of sp³-hybridized carbons (Fsp3) is 0.529. The molecule has 0 aliphatic rings. The van der Waals surface area contributed by atoms with Crippen LogP contribution in [0.2, 0.25) is 5.02 Å². The van der Waals surface area contributed by atoms with Crippen molar-refractivity contribution in [1.82, 2.24) is 5.32 Å². The molecule has 0 saturated carbocycles. The van der Waals surface area contributed by atoms with Crippen LogP contribution in [0.5, 0.6) is 0 Å². The Morgan fingerprint density at radius 3 is 2.32 bits per heavy atom. The van der Waals surface area contributed by atoms with E-state index in [9.17, 15) is 9.59 Å². The molecule has 0 unspecified atom stereocenters. The van der Waals surface area contributed by atoms with Crippen molar-refractivity contribution in [2.45, 2.75) is 52.7 Å². The van der Waals surface area contributed by atoms with E-state index in [4.69, 9.17) is 16.3 Å². The SMILES string of the molecule is CC(C)CC(=O)N[C@H](CC(=O)OC(C)C)c1ccccc1Cl. The van der Waals surface area contributed by atoms with Crippen molar-refractivity contribution in [3.05, 3.63) is 34.9 Å².